The Morgan fingerprint density at radius 3 is 2.74 bits per heavy atom. The third kappa shape index (κ3) is 3.69. The van der Waals surface area contributed by atoms with Gasteiger partial charge in [0.15, 0.2) is 0 Å². The predicted molar refractivity (Wildman–Crippen MR) is 84.7 cm³/mol. The highest BCUT2D eigenvalue weighted by atomic mass is 32.2. The molecule has 19 heavy (non-hydrogen) atoms. The molecule has 1 amide bonds. The molecule has 1 atom stereocenters. The van der Waals surface area contributed by atoms with E-state index in [1.165, 1.54) is 10.5 Å². The minimum absolute atomic E-state index is 0.212. The SMILES string of the molecule is CCCCN1C(=O)CCSC1c1ccc(SC)cc1. The van der Waals surface area contributed by atoms with Gasteiger partial charge in [0.1, 0.15) is 5.37 Å². The average Bonchev–Trinajstić information content (AvgIpc) is 2.46. The van der Waals surface area contributed by atoms with Crippen molar-refractivity contribution in [3.8, 4) is 0 Å². The third-order valence-electron chi connectivity index (χ3n) is 3.35. The maximum absolute atomic E-state index is 12.1. The van der Waals surface area contributed by atoms with Crippen LogP contribution in [0.15, 0.2) is 29.2 Å². The van der Waals surface area contributed by atoms with Crippen LogP contribution >= 0.6 is 23.5 Å². The Morgan fingerprint density at radius 1 is 1.37 bits per heavy atom. The van der Waals surface area contributed by atoms with Gasteiger partial charge in [0.2, 0.25) is 5.91 Å². The molecule has 0 spiro atoms. The van der Waals surface area contributed by atoms with Crippen LogP contribution in [0.25, 0.3) is 0 Å². The molecule has 0 bridgehead atoms. The second kappa shape index (κ2) is 7.25. The van der Waals surface area contributed by atoms with Crippen molar-refractivity contribution in [2.24, 2.45) is 0 Å². The van der Waals surface area contributed by atoms with Crippen LogP contribution in [0.2, 0.25) is 0 Å². The van der Waals surface area contributed by atoms with Crippen LogP contribution in [0.1, 0.15) is 37.1 Å². The Balaban J connectivity index is 2.15. The van der Waals surface area contributed by atoms with E-state index in [0.29, 0.717) is 12.3 Å². The second-order valence-electron chi connectivity index (χ2n) is 4.69. The Morgan fingerprint density at radius 2 is 2.11 bits per heavy atom. The molecule has 1 unspecified atom stereocenters. The smallest absolute Gasteiger partial charge is 0.224 e. The highest BCUT2D eigenvalue weighted by Gasteiger charge is 2.29. The van der Waals surface area contributed by atoms with Crippen LogP contribution in [0.5, 0.6) is 0 Å². The number of nitrogens with zero attached hydrogens (tertiary/aromatic N) is 1. The van der Waals surface area contributed by atoms with E-state index >= 15 is 0 Å². The van der Waals surface area contributed by atoms with Crippen molar-refractivity contribution in [3.63, 3.8) is 0 Å². The Kier molecular flexibility index (Phi) is 5.64. The van der Waals surface area contributed by atoms with Gasteiger partial charge in [0, 0.05) is 23.6 Å². The van der Waals surface area contributed by atoms with E-state index in [4.69, 9.17) is 0 Å². The fourth-order valence-electron chi connectivity index (χ4n) is 2.24. The number of amides is 1. The summed E-state index contributed by atoms with van der Waals surface area (Å²) in [5.41, 5.74) is 1.26. The minimum Gasteiger partial charge on any atom is -0.327 e. The molecule has 0 N–H and O–H groups in total. The quantitative estimate of drug-likeness (QED) is 0.760. The first kappa shape index (κ1) is 14.8. The maximum Gasteiger partial charge on any atom is 0.224 e. The molecule has 0 aliphatic carbocycles. The van der Waals surface area contributed by atoms with E-state index < -0.39 is 0 Å². The van der Waals surface area contributed by atoms with Gasteiger partial charge in [0.25, 0.3) is 0 Å². The number of thioether (sulfide) groups is 2. The summed E-state index contributed by atoms with van der Waals surface area (Å²) in [5.74, 6) is 1.25. The van der Waals surface area contributed by atoms with Crippen LogP contribution < -0.4 is 0 Å². The summed E-state index contributed by atoms with van der Waals surface area (Å²) >= 11 is 3.64. The summed E-state index contributed by atoms with van der Waals surface area (Å²) in [7, 11) is 0. The van der Waals surface area contributed by atoms with Gasteiger partial charge in [-0.15, -0.1) is 23.5 Å². The molecule has 0 radical (unpaired) electrons. The first-order valence-corrected chi connectivity index (χ1v) is 9.08. The first-order chi connectivity index (χ1) is 9.26. The summed E-state index contributed by atoms with van der Waals surface area (Å²) in [6, 6.07) is 8.64. The van der Waals surface area contributed by atoms with Crippen LogP contribution in [-0.2, 0) is 4.79 Å². The van der Waals surface area contributed by atoms with E-state index in [1.54, 1.807) is 11.8 Å². The van der Waals surface area contributed by atoms with Crippen molar-refractivity contribution in [3.05, 3.63) is 29.8 Å². The molecule has 1 aromatic carbocycles. The van der Waals surface area contributed by atoms with Gasteiger partial charge in [-0.1, -0.05) is 25.5 Å². The van der Waals surface area contributed by atoms with Gasteiger partial charge in [-0.25, -0.2) is 0 Å². The fourth-order valence-corrected chi connectivity index (χ4v) is 3.91. The summed E-state index contributed by atoms with van der Waals surface area (Å²) in [6.07, 6.45) is 4.99. The molecule has 1 heterocycles. The molecule has 1 aliphatic heterocycles. The van der Waals surface area contributed by atoms with Gasteiger partial charge in [-0.05, 0) is 30.4 Å². The van der Waals surface area contributed by atoms with Crippen molar-refractivity contribution in [1.82, 2.24) is 4.90 Å². The highest BCUT2D eigenvalue weighted by Crippen LogP contribution is 2.37. The van der Waals surface area contributed by atoms with Gasteiger partial charge in [0.05, 0.1) is 0 Å². The Hall–Kier alpha value is -0.610. The van der Waals surface area contributed by atoms with E-state index in [9.17, 15) is 4.79 Å². The summed E-state index contributed by atoms with van der Waals surface area (Å²) in [5, 5.41) is 0.212. The van der Waals surface area contributed by atoms with Crippen molar-refractivity contribution in [1.29, 1.82) is 0 Å². The van der Waals surface area contributed by atoms with E-state index in [0.717, 1.165) is 25.1 Å². The first-order valence-electron chi connectivity index (χ1n) is 6.81. The van der Waals surface area contributed by atoms with E-state index in [1.807, 2.05) is 11.8 Å². The van der Waals surface area contributed by atoms with Crippen LogP contribution in [-0.4, -0.2) is 29.4 Å². The van der Waals surface area contributed by atoms with Gasteiger partial charge in [-0.3, -0.25) is 4.79 Å². The molecule has 1 aliphatic rings. The zero-order valence-electron chi connectivity index (χ0n) is 11.6. The van der Waals surface area contributed by atoms with Crippen molar-refractivity contribution >= 4 is 29.4 Å². The minimum atomic E-state index is 0.212. The number of benzene rings is 1. The zero-order valence-corrected chi connectivity index (χ0v) is 13.2. The summed E-state index contributed by atoms with van der Waals surface area (Å²) in [4.78, 5) is 15.5. The van der Waals surface area contributed by atoms with Crippen LogP contribution in [0.4, 0.5) is 0 Å². The van der Waals surface area contributed by atoms with Crippen LogP contribution in [0, 0.1) is 0 Å². The number of unbranched alkanes of at least 4 members (excludes halogenated alkanes) is 1. The lowest BCUT2D eigenvalue weighted by molar-refractivity contribution is -0.132. The van der Waals surface area contributed by atoms with Crippen molar-refractivity contribution in [2.45, 2.75) is 36.5 Å². The Bertz CT molecular complexity index is 419. The standard InChI is InChI=1S/C15H21NOS2/c1-3-4-10-16-14(17)9-11-19-15(16)12-5-7-13(18-2)8-6-12/h5-8,15H,3-4,9-11H2,1-2H3. The normalized spacial score (nSPS) is 19.8. The zero-order chi connectivity index (χ0) is 13.7. The molecule has 1 aromatic rings. The summed E-state index contributed by atoms with van der Waals surface area (Å²) < 4.78 is 0. The number of hydrogen-bond donors (Lipinski definition) is 0. The van der Waals surface area contributed by atoms with Crippen molar-refractivity contribution in [2.75, 3.05) is 18.6 Å². The van der Waals surface area contributed by atoms with Gasteiger partial charge in [-0.2, -0.15) is 0 Å². The topological polar surface area (TPSA) is 20.3 Å². The molecule has 104 valence electrons. The largest absolute Gasteiger partial charge is 0.327 e. The number of hydrogen-bond acceptors (Lipinski definition) is 3. The van der Waals surface area contributed by atoms with Gasteiger partial charge < -0.3 is 4.90 Å². The maximum atomic E-state index is 12.1. The van der Waals surface area contributed by atoms with E-state index in [2.05, 4.69) is 42.3 Å². The average molecular weight is 295 g/mol. The number of rotatable bonds is 5. The van der Waals surface area contributed by atoms with Gasteiger partial charge >= 0.3 is 0 Å². The van der Waals surface area contributed by atoms with Crippen molar-refractivity contribution < 1.29 is 4.79 Å². The molecular weight excluding hydrogens is 274 g/mol. The van der Waals surface area contributed by atoms with Crippen LogP contribution in [0.3, 0.4) is 0 Å². The molecule has 1 saturated heterocycles. The fraction of sp³-hybridized carbons (Fsp3) is 0.533. The molecule has 2 nitrogen and oxygen atoms in total. The summed E-state index contributed by atoms with van der Waals surface area (Å²) in [6.45, 7) is 3.06. The number of carbonyl (C=O) groups excluding carboxylic acids is 1. The molecule has 1 fully saturated rings. The highest BCUT2D eigenvalue weighted by molar-refractivity contribution is 7.99. The third-order valence-corrected chi connectivity index (χ3v) is 5.37. The molecule has 2 rings (SSSR count). The second-order valence-corrected chi connectivity index (χ2v) is 6.75. The molecule has 0 saturated carbocycles. The lowest BCUT2D eigenvalue weighted by atomic mass is 10.2. The molecule has 4 heteroatoms. The lowest BCUT2D eigenvalue weighted by Crippen LogP contribution is -2.37. The number of carbonyl (C=O) groups is 1. The predicted octanol–water partition coefficient (Wildman–Crippen LogP) is 4.17. The Labute approximate surface area is 124 Å². The molecular formula is C15H21NOS2. The molecule has 0 aromatic heterocycles. The lowest BCUT2D eigenvalue weighted by Gasteiger charge is -2.35. The van der Waals surface area contributed by atoms with E-state index in [-0.39, 0.29) is 5.37 Å². The monoisotopic (exact) mass is 295 g/mol.